The fourth-order valence-electron chi connectivity index (χ4n) is 2.48. The molecule has 0 amide bonds. The van der Waals surface area contributed by atoms with Gasteiger partial charge in [-0.15, -0.1) is 0 Å². The summed E-state index contributed by atoms with van der Waals surface area (Å²) < 4.78 is 11.3. The van der Waals surface area contributed by atoms with E-state index >= 15 is 0 Å². The van der Waals surface area contributed by atoms with Crippen LogP contribution in [0, 0.1) is 0 Å². The van der Waals surface area contributed by atoms with Gasteiger partial charge >= 0.3 is 0 Å². The van der Waals surface area contributed by atoms with Crippen LogP contribution in [0.3, 0.4) is 0 Å². The second-order valence-corrected chi connectivity index (χ2v) is 5.59. The Labute approximate surface area is 148 Å². The maximum absolute atomic E-state index is 6.00. The summed E-state index contributed by atoms with van der Waals surface area (Å²) in [5, 5.41) is 0. The minimum atomic E-state index is 0.500. The van der Waals surface area contributed by atoms with Gasteiger partial charge in [0.05, 0.1) is 7.11 Å². The number of rotatable bonds is 8. The van der Waals surface area contributed by atoms with Gasteiger partial charge in [-0.3, -0.25) is 0 Å². The molecular formula is C21H22N2O2. The summed E-state index contributed by atoms with van der Waals surface area (Å²) >= 11 is 0. The van der Waals surface area contributed by atoms with Gasteiger partial charge in [0.2, 0.25) is 0 Å². The molecule has 0 aliphatic carbocycles. The van der Waals surface area contributed by atoms with Gasteiger partial charge in [-0.25, -0.2) is 5.43 Å². The summed E-state index contributed by atoms with van der Waals surface area (Å²) in [7, 11) is 1.67. The predicted molar refractivity (Wildman–Crippen MR) is 101 cm³/mol. The molecule has 0 fully saturated rings. The van der Waals surface area contributed by atoms with Crippen molar-refractivity contribution >= 4 is 5.69 Å². The normalized spacial score (nSPS) is 10.3. The topological polar surface area (TPSA) is 42.5 Å². The molecular weight excluding hydrogens is 312 g/mol. The molecule has 4 heteroatoms. The summed E-state index contributed by atoms with van der Waals surface area (Å²) in [6, 6.07) is 25.9. The van der Waals surface area contributed by atoms with E-state index in [2.05, 4.69) is 16.9 Å². The van der Waals surface area contributed by atoms with E-state index in [-0.39, 0.29) is 0 Å². The lowest BCUT2D eigenvalue weighted by Gasteiger charge is -2.13. The smallest absolute Gasteiger partial charge is 0.124 e. The highest BCUT2D eigenvalue weighted by molar-refractivity contribution is 5.41. The van der Waals surface area contributed by atoms with Crippen LogP contribution in [0.15, 0.2) is 78.9 Å². The molecule has 0 aliphatic rings. The minimum Gasteiger partial charge on any atom is -0.497 e. The van der Waals surface area contributed by atoms with E-state index in [1.165, 1.54) is 0 Å². The van der Waals surface area contributed by atoms with Crippen molar-refractivity contribution in [2.45, 2.75) is 13.2 Å². The summed E-state index contributed by atoms with van der Waals surface area (Å²) in [5.74, 6) is 1.70. The van der Waals surface area contributed by atoms with E-state index in [0.29, 0.717) is 13.2 Å². The molecule has 0 heterocycles. The molecule has 0 aromatic heterocycles. The fourth-order valence-corrected chi connectivity index (χ4v) is 2.48. The van der Waals surface area contributed by atoms with Crippen molar-refractivity contribution in [1.29, 1.82) is 0 Å². The van der Waals surface area contributed by atoms with Crippen LogP contribution in [-0.4, -0.2) is 7.11 Å². The van der Waals surface area contributed by atoms with Crippen molar-refractivity contribution < 1.29 is 9.47 Å². The third-order valence-electron chi connectivity index (χ3n) is 3.79. The van der Waals surface area contributed by atoms with Crippen LogP contribution >= 0.6 is 0 Å². The number of hydrogen-bond donors (Lipinski definition) is 2. The molecule has 0 saturated carbocycles. The lowest BCUT2D eigenvalue weighted by Crippen LogP contribution is -2.21. The summed E-state index contributed by atoms with van der Waals surface area (Å²) in [6.45, 7) is 1.16. The third kappa shape index (κ3) is 4.99. The average Bonchev–Trinajstić information content (AvgIpc) is 2.68. The monoisotopic (exact) mass is 334 g/mol. The summed E-state index contributed by atoms with van der Waals surface area (Å²) in [6.07, 6.45) is 0. The number of methoxy groups -OCH3 is 1. The number of benzene rings is 3. The second kappa shape index (κ2) is 8.76. The molecule has 4 nitrogen and oxygen atoms in total. The van der Waals surface area contributed by atoms with Crippen LogP contribution in [0.25, 0.3) is 0 Å². The van der Waals surface area contributed by atoms with Crippen molar-refractivity contribution in [3.05, 3.63) is 90.0 Å². The minimum absolute atomic E-state index is 0.500. The van der Waals surface area contributed by atoms with Gasteiger partial charge in [-0.2, -0.15) is 0 Å². The van der Waals surface area contributed by atoms with Gasteiger partial charge in [-0.1, -0.05) is 48.5 Å². The zero-order chi connectivity index (χ0) is 17.3. The van der Waals surface area contributed by atoms with Gasteiger partial charge in [0.25, 0.3) is 0 Å². The molecule has 3 aromatic rings. The van der Waals surface area contributed by atoms with Crippen molar-refractivity contribution in [3.8, 4) is 11.5 Å². The lowest BCUT2D eigenvalue weighted by atomic mass is 10.2. The van der Waals surface area contributed by atoms with Crippen molar-refractivity contribution in [1.82, 2.24) is 5.43 Å². The number of para-hydroxylation sites is 2. The maximum Gasteiger partial charge on any atom is 0.124 e. The molecule has 0 spiro atoms. The Balaban J connectivity index is 1.58. The lowest BCUT2D eigenvalue weighted by molar-refractivity contribution is 0.301. The number of nitrogens with one attached hydrogen (secondary N) is 2. The maximum atomic E-state index is 6.00. The zero-order valence-corrected chi connectivity index (χ0v) is 14.2. The molecule has 3 rings (SSSR count). The molecule has 128 valence electrons. The number of anilines is 1. The first-order valence-corrected chi connectivity index (χ1v) is 8.23. The molecule has 0 radical (unpaired) electrons. The van der Waals surface area contributed by atoms with E-state index in [9.17, 15) is 0 Å². The number of ether oxygens (including phenoxy) is 2. The number of hydrazine groups is 1. The van der Waals surface area contributed by atoms with E-state index < -0.39 is 0 Å². The summed E-state index contributed by atoms with van der Waals surface area (Å²) in [4.78, 5) is 0. The van der Waals surface area contributed by atoms with Crippen LogP contribution in [-0.2, 0) is 13.2 Å². The predicted octanol–water partition coefficient (Wildman–Crippen LogP) is 4.39. The Morgan fingerprint density at radius 3 is 2.48 bits per heavy atom. The van der Waals surface area contributed by atoms with Gasteiger partial charge in [0.15, 0.2) is 0 Å². The second-order valence-electron chi connectivity index (χ2n) is 5.59. The molecule has 0 atom stereocenters. The average molecular weight is 334 g/mol. The first-order valence-electron chi connectivity index (χ1n) is 8.23. The SMILES string of the molecule is COc1cccc(COc2ccccc2CNNc2ccccc2)c1. The first kappa shape index (κ1) is 16.9. The van der Waals surface area contributed by atoms with E-state index in [4.69, 9.17) is 9.47 Å². The van der Waals surface area contributed by atoms with Crippen LogP contribution in [0.1, 0.15) is 11.1 Å². The quantitative estimate of drug-likeness (QED) is 0.600. The molecule has 0 bridgehead atoms. The van der Waals surface area contributed by atoms with Crippen LogP contribution in [0.5, 0.6) is 11.5 Å². The Morgan fingerprint density at radius 2 is 1.64 bits per heavy atom. The third-order valence-corrected chi connectivity index (χ3v) is 3.79. The van der Waals surface area contributed by atoms with Gasteiger partial charge in [0.1, 0.15) is 18.1 Å². The Kier molecular flexibility index (Phi) is 5.91. The molecule has 0 unspecified atom stereocenters. The van der Waals surface area contributed by atoms with Crippen LogP contribution in [0.4, 0.5) is 5.69 Å². The largest absolute Gasteiger partial charge is 0.497 e. The zero-order valence-electron chi connectivity index (χ0n) is 14.2. The Hall–Kier alpha value is -2.98. The standard InChI is InChI=1S/C21H22N2O2/c1-24-20-12-7-8-17(14-20)16-25-21-13-6-5-9-18(21)15-22-23-19-10-3-2-4-11-19/h2-14,22-23H,15-16H2,1H3. The van der Waals surface area contributed by atoms with Crippen LogP contribution < -0.4 is 20.3 Å². The van der Waals surface area contributed by atoms with E-state index in [0.717, 1.165) is 28.3 Å². The van der Waals surface area contributed by atoms with E-state index in [1.54, 1.807) is 7.11 Å². The molecule has 25 heavy (non-hydrogen) atoms. The highest BCUT2D eigenvalue weighted by Gasteiger charge is 2.04. The van der Waals surface area contributed by atoms with Crippen molar-refractivity contribution in [3.63, 3.8) is 0 Å². The van der Waals surface area contributed by atoms with Gasteiger partial charge in [0, 0.05) is 17.8 Å². The fraction of sp³-hybridized carbons (Fsp3) is 0.143. The summed E-state index contributed by atoms with van der Waals surface area (Å²) in [5.41, 5.74) is 9.60. The molecule has 0 aliphatic heterocycles. The van der Waals surface area contributed by atoms with E-state index in [1.807, 2.05) is 72.8 Å². The Bertz CT molecular complexity index is 791. The van der Waals surface area contributed by atoms with Gasteiger partial charge in [-0.05, 0) is 35.9 Å². The Morgan fingerprint density at radius 1 is 0.840 bits per heavy atom. The highest BCUT2D eigenvalue weighted by Crippen LogP contribution is 2.20. The highest BCUT2D eigenvalue weighted by atomic mass is 16.5. The van der Waals surface area contributed by atoms with Crippen molar-refractivity contribution in [2.24, 2.45) is 0 Å². The molecule has 2 N–H and O–H groups in total. The van der Waals surface area contributed by atoms with Crippen LogP contribution in [0.2, 0.25) is 0 Å². The number of hydrogen-bond acceptors (Lipinski definition) is 4. The first-order chi connectivity index (χ1) is 12.3. The molecule has 0 saturated heterocycles. The molecule has 3 aromatic carbocycles. The van der Waals surface area contributed by atoms with Gasteiger partial charge < -0.3 is 14.9 Å². The van der Waals surface area contributed by atoms with Crippen molar-refractivity contribution in [2.75, 3.05) is 12.5 Å².